The lowest BCUT2D eigenvalue weighted by Crippen LogP contribution is -2.50. The highest BCUT2D eigenvalue weighted by atomic mass is 16.3. The third kappa shape index (κ3) is 3.51. The average Bonchev–Trinajstić information content (AvgIpc) is 2.26. The number of hydrogen-bond donors (Lipinski definition) is 3. The van der Waals surface area contributed by atoms with Crippen LogP contribution in [0, 0.1) is 0 Å². The van der Waals surface area contributed by atoms with E-state index in [1.54, 1.807) is 7.05 Å². The van der Waals surface area contributed by atoms with Crippen molar-refractivity contribution in [3.63, 3.8) is 0 Å². The van der Waals surface area contributed by atoms with E-state index in [1.165, 1.54) is 5.01 Å². The quantitative estimate of drug-likeness (QED) is 0.384. The maximum Gasteiger partial charge on any atom is 0.118 e. The Labute approximate surface area is 90.7 Å². The van der Waals surface area contributed by atoms with E-state index in [0.29, 0.717) is 6.42 Å². The monoisotopic (exact) mass is 209 g/mol. The van der Waals surface area contributed by atoms with Gasteiger partial charge in [0.2, 0.25) is 0 Å². The summed E-state index contributed by atoms with van der Waals surface area (Å²) in [7, 11) is 1.74. The van der Waals surface area contributed by atoms with Crippen molar-refractivity contribution in [3.05, 3.63) is 30.3 Å². The number of aliphatic hydroxyl groups is 1. The number of hydrazine groups is 1. The molecule has 0 bridgehead atoms. The van der Waals surface area contributed by atoms with Crippen molar-refractivity contribution < 1.29 is 5.11 Å². The molecule has 0 heterocycles. The van der Waals surface area contributed by atoms with Crippen molar-refractivity contribution in [3.8, 4) is 0 Å². The molecule has 4 N–H and O–H groups in total. The van der Waals surface area contributed by atoms with Crippen LogP contribution in [-0.2, 0) is 0 Å². The fourth-order valence-corrected chi connectivity index (χ4v) is 1.40. The molecule has 15 heavy (non-hydrogen) atoms. The molecule has 2 unspecified atom stereocenters. The number of nitrogens with two attached hydrogens (primary N) is 1. The van der Waals surface area contributed by atoms with Gasteiger partial charge < -0.3 is 10.4 Å². The summed E-state index contributed by atoms with van der Waals surface area (Å²) in [5.74, 6) is 5.67. The minimum Gasteiger partial charge on any atom is -0.390 e. The van der Waals surface area contributed by atoms with Gasteiger partial charge >= 0.3 is 0 Å². The van der Waals surface area contributed by atoms with E-state index in [-0.39, 0.29) is 6.17 Å². The van der Waals surface area contributed by atoms with Gasteiger partial charge in [0.15, 0.2) is 0 Å². The summed E-state index contributed by atoms with van der Waals surface area (Å²) < 4.78 is 0. The second-order valence-corrected chi connectivity index (χ2v) is 3.60. The third-order valence-corrected chi connectivity index (χ3v) is 2.31. The van der Waals surface area contributed by atoms with Crippen LogP contribution in [0.1, 0.15) is 13.3 Å². The summed E-state index contributed by atoms with van der Waals surface area (Å²) >= 11 is 0. The number of anilines is 1. The number of nitrogens with zero attached hydrogens (tertiary/aromatic N) is 1. The molecule has 4 heteroatoms. The highest BCUT2D eigenvalue weighted by Crippen LogP contribution is 2.11. The summed E-state index contributed by atoms with van der Waals surface area (Å²) in [4.78, 5) is 0. The van der Waals surface area contributed by atoms with Crippen LogP contribution in [-0.4, -0.2) is 29.4 Å². The Hall–Kier alpha value is -1.10. The van der Waals surface area contributed by atoms with Gasteiger partial charge in [0.25, 0.3) is 0 Å². The van der Waals surface area contributed by atoms with Gasteiger partial charge in [0, 0.05) is 12.7 Å². The van der Waals surface area contributed by atoms with Gasteiger partial charge in [-0.3, -0.25) is 5.84 Å². The Morgan fingerprint density at radius 2 is 2.00 bits per heavy atom. The molecule has 0 aliphatic rings. The summed E-state index contributed by atoms with van der Waals surface area (Å²) in [5.41, 5.74) is 0.951. The van der Waals surface area contributed by atoms with Gasteiger partial charge in [0.1, 0.15) is 6.17 Å². The van der Waals surface area contributed by atoms with Crippen LogP contribution in [0.15, 0.2) is 30.3 Å². The SMILES string of the molecule is CCC(O)C(Nc1ccccc1)N(C)N. The molecular formula is C11H19N3O. The second kappa shape index (κ2) is 5.70. The predicted molar refractivity (Wildman–Crippen MR) is 62.1 cm³/mol. The molecule has 0 aliphatic heterocycles. The molecule has 1 rings (SSSR count). The van der Waals surface area contributed by atoms with Crippen LogP contribution in [0.4, 0.5) is 5.69 Å². The molecule has 2 atom stereocenters. The van der Waals surface area contributed by atoms with Crippen molar-refractivity contribution in [1.29, 1.82) is 0 Å². The van der Waals surface area contributed by atoms with Crippen molar-refractivity contribution in [1.82, 2.24) is 5.01 Å². The molecule has 0 amide bonds. The zero-order valence-electron chi connectivity index (χ0n) is 9.22. The number of hydrogen-bond acceptors (Lipinski definition) is 4. The highest BCUT2D eigenvalue weighted by molar-refractivity contribution is 5.43. The lowest BCUT2D eigenvalue weighted by atomic mass is 10.2. The maximum atomic E-state index is 9.77. The Balaban J connectivity index is 2.67. The van der Waals surface area contributed by atoms with E-state index in [0.717, 1.165) is 5.69 Å². The molecule has 0 aromatic heterocycles. The predicted octanol–water partition coefficient (Wildman–Crippen LogP) is 1.00. The normalized spacial score (nSPS) is 15.0. The van der Waals surface area contributed by atoms with Gasteiger partial charge in [0.05, 0.1) is 6.10 Å². The number of likely N-dealkylation sites (N-methyl/N-ethyl adjacent to an activating group) is 1. The van der Waals surface area contributed by atoms with Crippen molar-refractivity contribution in [2.75, 3.05) is 12.4 Å². The molecule has 0 saturated carbocycles. The molecule has 1 aromatic carbocycles. The van der Waals surface area contributed by atoms with E-state index >= 15 is 0 Å². The molecule has 1 aromatic rings. The van der Waals surface area contributed by atoms with Gasteiger partial charge in [-0.15, -0.1) is 0 Å². The van der Waals surface area contributed by atoms with E-state index in [2.05, 4.69) is 5.32 Å². The number of nitrogens with one attached hydrogen (secondary N) is 1. The zero-order chi connectivity index (χ0) is 11.3. The summed E-state index contributed by atoms with van der Waals surface area (Å²) in [6.45, 7) is 1.92. The molecule has 0 saturated heterocycles. The van der Waals surface area contributed by atoms with E-state index in [4.69, 9.17) is 5.84 Å². The minimum absolute atomic E-state index is 0.266. The van der Waals surface area contributed by atoms with Crippen molar-refractivity contribution in [2.24, 2.45) is 5.84 Å². The Kier molecular flexibility index (Phi) is 4.55. The average molecular weight is 209 g/mol. The van der Waals surface area contributed by atoms with Gasteiger partial charge in [-0.25, -0.2) is 5.01 Å². The lowest BCUT2D eigenvalue weighted by Gasteiger charge is -2.29. The Morgan fingerprint density at radius 1 is 1.40 bits per heavy atom. The van der Waals surface area contributed by atoms with Crippen LogP contribution in [0.5, 0.6) is 0 Å². The van der Waals surface area contributed by atoms with E-state index < -0.39 is 6.10 Å². The first kappa shape index (κ1) is 12.0. The van der Waals surface area contributed by atoms with E-state index in [1.807, 2.05) is 37.3 Å². The largest absolute Gasteiger partial charge is 0.390 e. The second-order valence-electron chi connectivity index (χ2n) is 3.60. The van der Waals surface area contributed by atoms with E-state index in [9.17, 15) is 5.11 Å². The lowest BCUT2D eigenvalue weighted by molar-refractivity contribution is 0.0751. The van der Waals surface area contributed by atoms with Crippen molar-refractivity contribution in [2.45, 2.75) is 25.6 Å². The number of benzene rings is 1. The smallest absolute Gasteiger partial charge is 0.118 e. The van der Waals surface area contributed by atoms with Crippen molar-refractivity contribution >= 4 is 5.69 Å². The molecule has 0 fully saturated rings. The summed E-state index contributed by atoms with van der Waals surface area (Å²) in [6.07, 6.45) is -0.0934. The first-order valence-electron chi connectivity index (χ1n) is 5.12. The molecule has 4 nitrogen and oxygen atoms in total. The van der Waals surface area contributed by atoms with Crippen LogP contribution in [0.2, 0.25) is 0 Å². The van der Waals surface area contributed by atoms with Gasteiger partial charge in [-0.2, -0.15) is 0 Å². The summed E-state index contributed by atoms with van der Waals surface area (Å²) in [6, 6.07) is 9.71. The molecule has 0 aliphatic carbocycles. The topological polar surface area (TPSA) is 61.5 Å². The molecule has 84 valence electrons. The minimum atomic E-state index is -0.486. The number of rotatable bonds is 5. The van der Waals surface area contributed by atoms with Crippen LogP contribution in [0.25, 0.3) is 0 Å². The third-order valence-electron chi connectivity index (χ3n) is 2.31. The molecule has 0 spiro atoms. The Bertz CT molecular complexity index is 276. The zero-order valence-corrected chi connectivity index (χ0v) is 9.22. The summed E-state index contributed by atoms with van der Waals surface area (Å²) in [5, 5.41) is 14.4. The number of aliphatic hydroxyl groups excluding tert-OH is 1. The van der Waals surface area contributed by atoms with Crippen LogP contribution < -0.4 is 11.2 Å². The fraction of sp³-hybridized carbons (Fsp3) is 0.455. The first-order chi connectivity index (χ1) is 7.15. The number of para-hydroxylation sites is 1. The van der Waals surface area contributed by atoms with Gasteiger partial charge in [-0.05, 0) is 18.6 Å². The molecular weight excluding hydrogens is 190 g/mol. The van der Waals surface area contributed by atoms with Crippen LogP contribution >= 0.6 is 0 Å². The Morgan fingerprint density at radius 3 is 2.47 bits per heavy atom. The highest BCUT2D eigenvalue weighted by Gasteiger charge is 2.19. The standard InChI is InChI=1S/C11H19N3O/c1-3-10(15)11(14(2)12)13-9-7-5-4-6-8-9/h4-8,10-11,13,15H,3,12H2,1-2H3. The fourth-order valence-electron chi connectivity index (χ4n) is 1.40. The molecule has 0 radical (unpaired) electrons. The first-order valence-corrected chi connectivity index (χ1v) is 5.12. The van der Waals surface area contributed by atoms with Crippen LogP contribution in [0.3, 0.4) is 0 Å². The van der Waals surface area contributed by atoms with Gasteiger partial charge in [-0.1, -0.05) is 25.1 Å². The maximum absolute atomic E-state index is 9.77.